The van der Waals surface area contributed by atoms with Gasteiger partial charge in [0.05, 0.1) is 0 Å². The molecular formula is C18H13Cl. The number of hydrogen-bond donors (Lipinski definition) is 0. The Kier molecular flexibility index (Phi) is 3.35. The van der Waals surface area contributed by atoms with Crippen LogP contribution in [0.2, 0.25) is 0 Å². The molecule has 0 saturated carbocycles. The summed E-state index contributed by atoms with van der Waals surface area (Å²) in [6, 6.07) is 24.6. The zero-order valence-electron chi connectivity index (χ0n) is 10.4. The molecule has 3 aromatic rings. The maximum atomic E-state index is 6.48. The van der Waals surface area contributed by atoms with Crippen molar-refractivity contribution >= 4 is 33.5 Å². The van der Waals surface area contributed by atoms with Gasteiger partial charge in [0, 0.05) is 10.6 Å². The summed E-state index contributed by atoms with van der Waals surface area (Å²) >= 11 is 6.48. The molecule has 19 heavy (non-hydrogen) atoms. The third-order valence-electron chi connectivity index (χ3n) is 3.14. The van der Waals surface area contributed by atoms with E-state index in [1.54, 1.807) is 0 Å². The van der Waals surface area contributed by atoms with E-state index in [-0.39, 0.29) is 0 Å². The zero-order valence-corrected chi connectivity index (χ0v) is 11.1. The maximum absolute atomic E-state index is 6.48. The van der Waals surface area contributed by atoms with Crippen LogP contribution in [0.4, 0.5) is 0 Å². The Morgan fingerprint density at radius 3 is 2.26 bits per heavy atom. The molecule has 3 rings (SSSR count). The van der Waals surface area contributed by atoms with Crippen LogP contribution in [0.5, 0.6) is 0 Å². The average molecular weight is 265 g/mol. The van der Waals surface area contributed by atoms with Gasteiger partial charge in [-0.15, -0.1) is 0 Å². The van der Waals surface area contributed by atoms with Crippen molar-refractivity contribution in [1.82, 2.24) is 0 Å². The Labute approximate surface area is 118 Å². The first-order chi connectivity index (χ1) is 9.34. The van der Waals surface area contributed by atoms with Crippen molar-refractivity contribution in [1.29, 1.82) is 0 Å². The molecule has 0 radical (unpaired) electrons. The molecule has 0 N–H and O–H groups in total. The van der Waals surface area contributed by atoms with E-state index in [0.717, 1.165) is 16.2 Å². The van der Waals surface area contributed by atoms with E-state index in [1.165, 1.54) is 10.8 Å². The predicted molar refractivity (Wildman–Crippen MR) is 84.1 cm³/mol. The average Bonchev–Trinajstić information content (AvgIpc) is 2.47. The Hall–Kier alpha value is -2.05. The molecule has 0 aliphatic rings. The monoisotopic (exact) mass is 264 g/mol. The van der Waals surface area contributed by atoms with Gasteiger partial charge >= 0.3 is 0 Å². The molecule has 0 unspecified atom stereocenters. The summed E-state index contributed by atoms with van der Waals surface area (Å²) in [5, 5.41) is 3.16. The molecule has 92 valence electrons. The lowest BCUT2D eigenvalue weighted by molar-refractivity contribution is 1.66. The Morgan fingerprint density at radius 2 is 1.42 bits per heavy atom. The molecule has 3 aromatic carbocycles. The summed E-state index contributed by atoms with van der Waals surface area (Å²) in [5.41, 5.74) is 2.18. The van der Waals surface area contributed by atoms with Crippen molar-refractivity contribution in [2.45, 2.75) is 0 Å². The lowest BCUT2D eigenvalue weighted by Crippen LogP contribution is -1.81. The highest BCUT2D eigenvalue weighted by Crippen LogP contribution is 2.29. The van der Waals surface area contributed by atoms with Gasteiger partial charge in [-0.1, -0.05) is 84.4 Å². The quantitative estimate of drug-likeness (QED) is 0.530. The summed E-state index contributed by atoms with van der Waals surface area (Å²) < 4.78 is 0. The number of fused-ring (bicyclic) bond motifs is 1. The van der Waals surface area contributed by atoms with E-state index in [2.05, 4.69) is 24.3 Å². The highest BCUT2D eigenvalue weighted by atomic mass is 35.5. The number of halogens is 1. The second kappa shape index (κ2) is 5.29. The normalized spacial score (nSPS) is 11.7. The van der Waals surface area contributed by atoms with Crippen LogP contribution in [0.15, 0.2) is 72.8 Å². The van der Waals surface area contributed by atoms with E-state index in [1.807, 2.05) is 54.6 Å². The Bertz CT molecular complexity index is 722. The fourth-order valence-electron chi connectivity index (χ4n) is 2.21. The molecule has 0 spiro atoms. The van der Waals surface area contributed by atoms with Crippen LogP contribution in [-0.2, 0) is 0 Å². The molecule has 0 nitrogen and oxygen atoms in total. The molecule has 1 heteroatoms. The van der Waals surface area contributed by atoms with Crippen LogP contribution in [0.25, 0.3) is 21.9 Å². The second-order valence-corrected chi connectivity index (χ2v) is 4.84. The van der Waals surface area contributed by atoms with Crippen LogP contribution in [0, 0.1) is 0 Å². The predicted octanol–water partition coefficient (Wildman–Crippen LogP) is 5.58. The Balaban J connectivity index is 2.12. The van der Waals surface area contributed by atoms with Gasteiger partial charge in [-0.25, -0.2) is 0 Å². The molecule has 0 bridgehead atoms. The van der Waals surface area contributed by atoms with Crippen molar-refractivity contribution in [2.24, 2.45) is 0 Å². The maximum Gasteiger partial charge on any atom is 0.0490 e. The van der Waals surface area contributed by atoms with Crippen molar-refractivity contribution < 1.29 is 0 Å². The minimum atomic E-state index is 0.767. The summed E-state index contributed by atoms with van der Waals surface area (Å²) in [6.45, 7) is 0. The minimum absolute atomic E-state index is 0.767. The van der Waals surface area contributed by atoms with E-state index in [4.69, 9.17) is 11.6 Å². The first-order valence-corrected chi connectivity index (χ1v) is 6.63. The topological polar surface area (TPSA) is 0 Å². The van der Waals surface area contributed by atoms with E-state index in [0.29, 0.717) is 0 Å². The molecular weight excluding hydrogens is 252 g/mol. The number of benzene rings is 3. The van der Waals surface area contributed by atoms with Crippen LogP contribution in [0.3, 0.4) is 0 Å². The van der Waals surface area contributed by atoms with E-state index in [9.17, 15) is 0 Å². The number of hydrogen-bond acceptors (Lipinski definition) is 0. The van der Waals surface area contributed by atoms with Gasteiger partial charge in [0.25, 0.3) is 0 Å². The minimum Gasteiger partial charge on any atom is -0.0836 e. The van der Waals surface area contributed by atoms with Gasteiger partial charge in [-0.3, -0.25) is 0 Å². The first kappa shape index (κ1) is 12.0. The molecule has 0 amide bonds. The van der Waals surface area contributed by atoms with Crippen molar-refractivity contribution in [3.8, 4) is 0 Å². The molecule has 0 saturated heterocycles. The van der Waals surface area contributed by atoms with Crippen LogP contribution < -0.4 is 0 Å². The summed E-state index contributed by atoms with van der Waals surface area (Å²) in [5.74, 6) is 0. The number of rotatable bonds is 2. The molecule has 0 aliphatic heterocycles. The molecule has 0 aromatic heterocycles. The largest absolute Gasteiger partial charge is 0.0836 e. The standard InChI is InChI=1S/C18H13Cl/c19-18(13-14-7-2-1-3-8-14)17-12-6-10-15-9-4-5-11-16(15)17/h1-13H/b18-13+. The third-order valence-corrected chi connectivity index (χ3v) is 3.45. The highest BCUT2D eigenvalue weighted by Gasteiger charge is 2.03. The van der Waals surface area contributed by atoms with Gasteiger partial charge in [0.2, 0.25) is 0 Å². The lowest BCUT2D eigenvalue weighted by atomic mass is 10.0. The lowest BCUT2D eigenvalue weighted by Gasteiger charge is -2.05. The summed E-state index contributed by atoms with van der Waals surface area (Å²) in [7, 11) is 0. The molecule has 0 atom stereocenters. The highest BCUT2D eigenvalue weighted by molar-refractivity contribution is 6.52. The second-order valence-electron chi connectivity index (χ2n) is 4.43. The van der Waals surface area contributed by atoms with Gasteiger partial charge in [-0.05, 0) is 22.4 Å². The SMILES string of the molecule is Cl/C(=C/c1ccccc1)c1cccc2ccccc12. The van der Waals surface area contributed by atoms with Crippen LogP contribution in [-0.4, -0.2) is 0 Å². The van der Waals surface area contributed by atoms with Gasteiger partial charge in [0.15, 0.2) is 0 Å². The smallest absolute Gasteiger partial charge is 0.0490 e. The summed E-state index contributed by atoms with van der Waals surface area (Å²) in [6.07, 6.45) is 2.00. The first-order valence-electron chi connectivity index (χ1n) is 6.25. The van der Waals surface area contributed by atoms with Crippen LogP contribution in [0.1, 0.15) is 11.1 Å². The van der Waals surface area contributed by atoms with Crippen LogP contribution >= 0.6 is 11.6 Å². The molecule has 0 heterocycles. The fraction of sp³-hybridized carbons (Fsp3) is 0. The zero-order chi connectivity index (χ0) is 13.1. The van der Waals surface area contributed by atoms with Gasteiger partial charge in [-0.2, -0.15) is 0 Å². The Morgan fingerprint density at radius 1 is 0.737 bits per heavy atom. The van der Waals surface area contributed by atoms with Gasteiger partial charge in [0.1, 0.15) is 0 Å². The fourth-order valence-corrected chi connectivity index (χ4v) is 2.50. The van der Waals surface area contributed by atoms with E-state index >= 15 is 0 Å². The molecule has 0 fully saturated rings. The van der Waals surface area contributed by atoms with E-state index < -0.39 is 0 Å². The van der Waals surface area contributed by atoms with Crippen molar-refractivity contribution in [2.75, 3.05) is 0 Å². The van der Waals surface area contributed by atoms with Crippen molar-refractivity contribution in [3.63, 3.8) is 0 Å². The third kappa shape index (κ3) is 2.54. The van der Waals surface area contributed by atoms with Gasteiger partial charge < -0.3 is 0 Å². The summed E-state index contributed by atoms with van der Waals surface area (Å²) in [4.78, 5) is 0. The molecule has 0 aliphatic carbocycles. The van der Waals surface area contributed by atoms with Crippen molar-refractivity contribution in [3.05, 3.63) is 83.9 Å².